The van der Waals surface area contributed by atoms with Crippen LogP contribution in [0.4, 0.5) is 10.8 Å². The third kappa shape index (κ3) is 4.49. The Labute approximate surface area is 184 Å². The molecule has 0 aliphatic carbocycles. The van der Waals surface area contributed by atoms with E-state index >= 15 is 0 Å². The molecule has 0 bridgehead atoms. The van der Waals surface area contributed by atoms with Gasteiger partial charge in [-0.1, -0.05) is 23.9 Å². The van der Waals surface area contributed by atoms with Crippen molar-refractivity contribution >= 4 is 39.8 Å². The summed E-state index contributed by atoms with van der Waals surface area (Å²) in [6.45, 7) is 1.76. The number of nitrogens with one attached hydrogen (secondary N) is 1. The highest BCUT2D eigenvalue weighted by atomic mass is 32.2. The zero-order valence-corrected chi connectivity index (χ0v) is 18.0. The lowest BCUT2D eigenvalue weighted by Crippen LogP contribution is -2.22. The van der Waals surface area contributed by atoms with Crippen LogP contribution in [0.1, 0.15) is 6.92 Å². The van der Waals surface area contributed by atoms with E-state index in [1.54, 1.807) is 54.4 Å². The standard InChI is InChI=1S/C19H16N6O4S2/c1-11(31-19-23-22-16(24(19)2)15-7-4-8-29-15)17(26)21-18-20-14(10-30-18)12-5-3-6-13(9-12)25(27)28/h3-11H,1-2H3,(H,20,21,26)/t11-/m1/s1. The molecule has 3 aromatic heterocycles. The molecule has 1 atom stereocenters. The number of carbonyl (C=O) groups excluding carboxylic acids is 1. The van der Waals surface area contributed by atoms with Crippen molar-refractivity contribution < 1.29 is 14.1 Å². The lowest BCUT2D eigenvalue weighted by Gasteiger charge is -2.09. The summed E-state index contributed by atoms with van der Waals surface area (Å²) in [5.41, 5.74) is 1.15. The number of non-ortho nitro benzene ring substituents is 1. The summed E-state index contributed by atoms with van der Waals surface area (Å²) in [4.78, 5) is 27.5. The number of nitro groups is 1. The number of carbonyl (C=O) groups is 1. The summed E-state index contributed by atoms with van der Waals surface area (Å²) in [6, 6.07) is 9.75. The number of hydrogen-bond donors (Lipinski definition) is 1. The number of rotatable bonds is 7. The van der Waals surface area contributed by atoms with E-state index in [0.29, 0.717) is 33.1 Å². The van der Waals surface area contributed by atoms with Gasteiger partial charge in [0.1, 0.15) is 0 Å². The topological polar surface area (TPSA) is 129 Å². The molecule has 4 rings (SSSR count). The molecule has 0 spiro atoms. The van der Waals surface area contributed by atoms with Crippen LogP contribution in [0.5, 0.6) is 0 Å². The quantitative estimate of drug-likeness (QED) is 0.248. The monoisotopic (exact) mass is 456 g/mol. The van der Waals surface area contributed by atoms with Gasteiger partial charge in [-0.25, -0.2) is 4.98 Å². The first-order chi connectivity index (χ1) is 14.9. The fourth-order valence-corrected chi connectivity index (χ4v) is 4.24. The molecule has 0 saturated carbocycles. The van der Waals surface area contributed by atoms with E-state index in [9.17, 15) is 14.9 Å². The Morgan fingerprint density at radius 3 is 2.90 bits per heavy atom. The van der Waals surface area contributed by atoms with Crippen LogP contribution in [-0.4, -0.2) is 35.8 Å². The maximum Gasteiger partial charge on any atom is 0.270 e. The van der Waals surface area contributed by atoms with E-state index in [-0.39, 0.29) is 11.6 Å². The Balaban J connectivity index is 1.42. The average Bonchev–Trinajstić information content (AvgIpc) is 3.50. The minimum Gasteiger partial charge on any atom is -0.461 e. The second-order valence-corrected chi connectivity index (χ2v) is 8.60. The Morgan fingerprint density at radius 2 is 2.16 bits per heavy atom. The molecule has 0 fully saturated rings. The van der Waals surface area contributed by atoms with Crippen LogP contribution >= 0.6 is 23.1 Å². The highest BCUT2D eigenvalue weighted by molar-refractivity contribution is 8.00. The van der Waals surface area contributed by atoms with Crippen LogP contribution in [0.25, 0.3) is 22.8 Å². The number of hydrogen-bond acceptors (Lipinski definition) is 9. The Morgan fingerprint density at radius 1 is 1.32 bits per heavy atom. The van der Waals surface area contributed by atoms with Gasteiger partial charge in [0.05, 0.1) is 22.1 Å². The second-order valence-electron chi connectivity index (χ2n) is 6.44. The van der Waals surface area contributed by atoms with E-state index in [1.165, 1.54) is 35.2 Å². The molecule has 158 valence electrons. The summed E-state index contributed by atoms with van der Waals surface area (Å²) >= 11 is 2.51. The molecule has 31 heavy (non-hydrogen) atoms. The lowest BCUT2D eigenvalue weighted by atomic mass is 10.1. The van der Waals surface area contributed by atoms with Gasteiger partial charge in [-0.05, 0) is 19.1 Å². The van der Waals surface area contributed by atoms with Crippen LogP contribution in [0, 0.1) is 10.1 Å². The van der Waals surface area contributed by atoms with Crippen molar-refractivity contribution in [3.05, 3.63) is 58.2 Å². The zero-order chi connectivity index (χ0) is 22.0. The molecule has 1 amide bonds. The van der Waals surface area contributed by atoms with E-state index in [4.69, 9.17) is 4.42 Å². The Bertz CT molecular complexity index is 1230. The fourth-order valence-electron chi connectivity index (χ4n) is 2.70. The number of amides is 1. The Kier molecular flexibility index (Phi) is 5.82. The maximum absolute atomic E-state index is 12.6. The first kappa shape index (κ1) is 20.8. The third-order valence-electron chi connectivity index (χ3n) is 4.31. The van der Waals surface area contributed by atoms with Crippen molar-refractivity contribution in [2.45, 2.75) is 17.3 Å². The molecular weight excluding hydrogens is 440 g/mol. The maximum atomic E-state index is 12.6. The van der Waals surface area contributed by atoms with E-state index in [1.807, 2.05) is 0 Å². The molecule has 12 heteroatoms. The number of aromatic nitrogens is 4. The highest BCUT2D eigenvalue weighted by Gasteiger charge is 2.21. The van der Waals surface area contributed by atoms with Gasteiger partial charge in [0.25, 0.3) is 5.69 Å². The average molecular weight is 457 g/mol. The Hall–Kier alpha value is -3.51. The van der Waals surface area contributed by atoms with Crippen molar-refractivity contribution in [1.29, 1.82) is 0 Å². The molecule has 4 aromatic rings. The molecule has 10 nitrogen and oxygen atoms in total. The largest absolute Gasteiger partial charge is 0.461 e. The van der Waals surface area contributed by atoms with Crippen LogP contribution < -0.4 is 5.32 Å². The minimum atomic E-state index is -0.461. The summed E-state index contributed by atoms with van der Waals surface area (Å²) in [7, 11) is 1.80. The van der Waals surface area contributed by atoms with E-state index < -0.39 is 10.2 Å². The highest BCUT2D eigenvalue weighted by Crippen LogP contribution is 2.29. The molecule has 0 radical (unpaired) electrons. The minimum absolute atomic E-state index is 0.0151. The normalized spacial score (nSPS) is 11.9. The van der Waals surface area contributed by atoms with Gasteiger partial charge in [0.2, 0.25) is 5.91 Å². The molecule has 0 aliphatic heterocycles. The smallest absolute Gasteiger partial charge is 0.270 e. The number of thioether (sulfide) groups is 1. The van der Waals surface area contributed by atoms with Gasteiger partial charge in [0.15, 0.2) is 21.9 Å². The lowest BCUT2D eigenvalue weighted by molar-refractivity contribution is -0.384. The summed E-state index contributed by atoms with van der Waals surface area (Å²) in [5.74, 6) is 0.921. The predicted octanol–water partition coefficient (Wildman–Crippen LogP) is 4.23. The van der Waals surface area contributed by atoms with Crippen molar-refractivity contribution in [3.63, 3.8) is 0 Å². The summed E-state index contributed by atoms with van der Waals surface area (Å²) in [6.07, 6.45) is 1.56. The number of anilines is 1. The van der Waals surface area contributed by atoms with E-state index in [0.717, 1.165) is 0 Å². The molecule has 0 aliphatic rings. The SMILES string of the molecule is C[C@@H](Sc1nnc(-c2ccco2)n1C)C(=O)Nc1nc(-c2cccc([N+](=O)[O-])c2)cs1. The summed E-state index contributed by atoms with van der Waals surface area (Å²) < 4.78 is 7.11. The fraction of sp³-hybridized carbons (Fsp3) is 0.158. The summed E-state index contributed by atoms with van der Waals surface area (Å²) in [5, 5.41) is 24.3. The van der Waals surface area contributed by atoms with Crippen LogP contribution in [0.15, 0.2) is 57.6 Å². The van der Waals surface area contributed by atoms with Crippen LogP contribution in [-0.2, 0) is 11.8 Å². The van der Waals surface area contributed by atoms with Crippen molar-refractivity contribution in [2.24, 2.45) is 7.05 Å². The number of furan rings is 1. The van der Waals surface area contributed by atoms with Crippen LogP contribution in [0.2, 0.25) is 0 Å². The number of nitrogens with zero attached hydrogens (tertiary/aromatic N) is 5. The van der Waals surface area contributed by atoms with Gasteiger partial charge in [0, 0.05) is 30.1 Å². The van der Waals surface area contributed by atoms with Gasteiger partial charge >= 0.3 is 0 Å². The number of benzene rings is 1. The van der Waals surface area contributed by atoms with Crippen LogP contribution in [0.3, 0.4) is 0 Å². The zero-order valence-electron chi connectivity index (χ0n) is 16.4. The predicted molar refractivity (Wildman–Crippen MR) is 117 cm³/mol. The second kappa shape index (κ2) is 8.70. The first-order valence-corrected chi connectivity index (χ1v) is 10.8. The van der Waals surface area contributed by atoms with Gasteiger partial charge in [-0.3, -0.25) is 14.9 Å². The molecule has 1 aromatic carbocycles. The van der Waals surface area contributed by atoms with Crippen molar-refractivity contribution in [2.75, 3.05) is 5.32 Å². The molecule has 0 unspecified atom stereocenters. The molecule has 0 saturated heterocycles. The van der Waals surface area contributed by atoms with Gasteiger partial charge < -0.3 is 14.3 Å². The molecular formula is C19H16N6O4S2. The van der Waals surface area contributed by atoms with Crippen molar-refractivity contribution in [3.8, 4) is 22.8 Å². The first-order valence-electron chi connectivity index (χ1n) is 9.03. The van der Waals surface area contributed by atoms with Gasteiger partial charge in [-0.15, -0.1) is 21.5 Å². The third-order valence-corrected chi connectivity index (χ3v) is 6.21. The van der Waals surface area contributed by atoms with Gasteiger partial charge in [-0.2, -0.15) is 0 Å². The van der Waals surface area contributed by atoms with Crippen molar-refractivity contribution in [1.82, 2.24) is 19.7 Å². The van der Waals surface area contributed by atoms with E-state index in [2.05, 4.69) is 20.5 Å². The number of nitro benzene ring substituents is 1. The molecule has 3 heterocycles. The number of thiazole rings is 1. The molecule has 1 N–H and O–H groups in total.